The molecule has 7 nitrogen and oxygen atoms in total. The molecule has 8 heteroatoms. The number of carbonyl (C=O) groups is 1. The second-order valence-electron chi connectivity index (χ2n) is 3.85. The van der Waals surface area contributed by atoms with Gasteiger partial charge in [0.25, 0.3) is 0 Å². The van der Waals surface area contributed by atoms with Crippen LogP contribution in [0, 0.1) is 6.92 Å². The number of tetrazole rings is 1. The van der Waals surface area contributed by atoms with E-state index in [1.807, 2.05) is 6.92 Å². The van der Waals surface area contributed by atoms with E-state index >= 15 is 0 Å². The second-order valence-corrected chi connectivity index (χ2v) is 4.26. The molecule has 0 aliphatic carbocycles. The number of carboxylic acids is 1. The minimum Gasteiger partial charge on any atom is -0.494 e. The van der Waals surface area contributed by atoms with Crippen molar-refractivity contribution >= 4 is 17.6 Å². The minimum absolute atomic E-state index is 0.215. The van der Waals surface area contributed by atoms with Crippen molar-refractivity contribution in [3.63, 3.8) is 0 Å². The maximum atomic E-state index is 10.8. The van der Waals surface area contributed by atoms with Crippen LogP contribution in [0.25, 0.3) is 5.69 Å². The smallest absolute Gasteiger partial charge is 0.311 e. The summed E-state index contributed by atoms with van der Waals surface area (Å²) in [6.07, 6.45) is -0.280. The Morgan fingerprint density at radius 2 is 2.26 bits per heavy atom. The van der Waals surface area contributed by atoms with E-state index in [0.29, 0.717) is 16.5 Å². The fourth-order valence-corrected chi connectivity index (χ4v) is 1.77. The van der Waals surface area contributed by atoms with Crippen molar-refractivity contribution in [3.8, 4) is 11.4 Å². The van der Waals surface area contributed by atoms with Crippen LogP contribution in [0.3, 0.4) is 0 Å². The van der Waals surface area contributed by atoms with Gasteiger partial charge in [0.05, 0.1) is 7.11 Å². The Morgan fingerprint density at radius 3 is 2.89 bits per heavy atom. The summed E-state index contributed by atoms with van der Waals surface area (Å²) in [6, 6.07) is 3.38. The first kappa shape index (κ1) is 13.3. The number of aliphatic carboxylic acids is 1. The van der Waals surface area contributed by atoms with Crippen molar-refractivity contribution in [1.82, 2.24) is 20.2 Å². The maximum Gasteiger partial charge on any atom is 0.311 e. The molecular weight excluding hydrogens is 272 g/mol. The highest BCUT2D eigenvalue weighted by Gasteiger charge is 2.16. The molecule has 19 heavy (non-hydrogen) atoms. The Bertz CT molecular complexity index is 626. The summed E-state index contributed by atoms with van der Waals surface area (Å²) >= 11 is 6.02. The molecule has 0 aliphatic rings. The van der Waals surface area contributed by atoms with Gasteiger partial charge in [-0.2, -0.15) is 4.68 Å². The molecule has 1 heterocycles. The molecule has 0 bridgehead atoms. The summed E-state index contributed by atoms with van der Waals surface area (Å²) in [5, 5.41) is 20.3. The predicted octanol–water partition coefficient (Wildman–Crippen LogP) is 1.26. The van der Waals surface area contributed by atoms with E-state index in [1.165, 1.54) is 11.8 Å². The van der Waals surface area contributed by atoms with Crippen molar-refractivity contribution in [3.05, 3.63) is 28.5 Å². The normalized spacial score (nSPS) is 10.5. The Balaban J connectivity index is 2.55. The third-order valence-electron chi connectivity index (χ3n) is 2.53. The number of methoxy groups -OCH3 is 1. The van der Waals surface area contributed by atoms with Gasteiger partial charge in [-0.1, -0.05) is 11.6 Å². The molecule has 1 aromatic heterocycles. The first-order chi connectivity index (χ1) is 9.02. The lowest BCUT2D eigenvalue weighted by Gasteiger charge is -2.11. The second kappa shape index (κ2) is 5.23. The zero-order chi connectivity index (χ0) is 14.0. The number of ether oxygens (including phenoxy) is 1. The minimum atomic E-state index is -1.01. The largest absolute Gasteiger partial charge is 0.494 e. The van der Waals surface area contributed by atoms with Crippen molar-refractivity contribution in [2.45, 2.75) is 13.3 Å². The van der Waals surface area contributed by atoms with Crippen LogP contribution in [-0.4, -0.2) is 38.4 Å². The fraction of sp³-hybridized carbons (Fsp3) is 0.273. The van der Waals surface area contributed by atoms with E-state index in [1.54, 1.807) is 12.1 Å². The van der Waals surface area contributed by atoms with Crippen LogP contribution in [0.15, 0.2) is 12.1 Å². The van der Waals surface area contributed by atoms with E-state index in [2.05, 4.69) is 15.5 Å². The number of hydrogen-bond donors (Lipinski definition) is 1. The van der Waals surface area contributed by atoms with E-state index in [9.17, 15) is 4.79 Å². The zero-order valence-electron chi connectivity index (χ0n) is 10.3. The molecule has 0 spiro atoms. The van der Waals surface area contributed by atoms with E-state index < -0.39 is 5.97 Å². The fourth-order valence-electron chi connectivity index (χ4n) is 1.62. The van der Waals surface area contributed by atoms with Crippen LogP contribution < -0.4 is 4.74 Å². The topological polar surface area (TPSA) is 90.1 Å². The van der Waals surface area contributed by atoms with Crippen molar-refractivity contribution in [2.75, 3.05) is 7.11 Å². The predicted molar refractivity (Wildman–Crippen MR) is 66.8 cm³/mol. The Labute approximate surface area is 113 Å². The summed E-state index contributed by atoms with van der Waals surface area (Å²) in [5.41, 5.74) is 1.36. The first-order valence-electron chi connectivity index (χ1n) is 5.36. The summed E-state index contributed by atoms with van der Waals surface area (Å²) in [5.74, 6) is -0.331. The van der Waals surface area contributed by atoms with Crippen LogP contribution in [0.4, 0.5) is 0 Å². The van der Waals surface area contributed by atoms with Gasteiger partial charge in [-0.05, 0) is 29.0 Å². The lowest BCUT2D eigenvalue weighted by Crippen LogP contribution is -2.10. The Morgan fingerprint density at radius 1 is 1.53 bits per heavy atom. The van der Waals surface area contributed by atoms with Gasteiger partial charge in [0, 0.05) is 11.1 Å². The van der Waals surface area contributed by atoms with Crippen LogP contribution in [0.2, 0.25) is 5.02 Å². The standard InChI is InChI=1S/C11H11ClN4O3/c1-6-3-8(9(19-2)4-7(6)12)16-10(5-11(17)18)13-14-15-16/h3-4H,5H2,1-2H3,(H,17,18). The Kier molecular flexibility index (Phi) is 3.66. The molecule has 0 aliphatic heterocycles. The number of aromatic nitrogens is 4. The third kappa shape index (κ3) is 2.65. The number of aryl methyl sites for hydroxylation is 1. The average Bonchev–Trinajstić information content (AvgIpc) is 2.79. The van der Waals surface area contributed by atoms with Crippen LogP contribution in [0.5, 0.6) is 5.75 Å². The monoisotopic (exact) mass is 282 g/mol. The van der Waals surface area contributed by atoms with Gasteiger partial charge in [0.1, 0.15) is 17.9 Å². The molecule has 1 N–H and O–H groups in total. The van der Waals surface area contributed by atoms with Crippen LogP contribution >= 0.6 is 11.6 Å². The average molecular weight is 283 g/mol. The number of rotatable bonds is 4. The molecular formula is C11H11ClN4O3. The highest BCUT2D eigenvalue weighted by atomic mass is 35.5. The molecule has 100 valence electrons. The number of benzene rings is 1. The van der Waals surface area contributed by atoms with Gasteiger partial charge >= 0.3 is 5.97 Å². The molecule has 0 saturated carbocycles. The maximum absolute atomic E-state index is 10.8. The molecule has 0 amide bonds. The summed E-state index contributed by atoms with van der Waals surface area (Å²) < 4.78 is 6.55. The summed E-state index contributed by atoms with van der Waals surface area (Å²) in [6.45, 7) is 1.83. The van der Waals surface area contributed by atoms with Crippen molar-refractivity contribution in [2.24, 2.45) is 0 Å². The number of carboxylic acid groups (broad SMARTS) is 1. The van der Waals surface area contributed by atoms with Gasteiger partial charge in [0.2, 0.25) is 0 Å². The van der Waals surface area contributed by atoms with E-state index in [-0.39, 0.29) is 12.2 Å². The third-order valence-corrected chi connectivity index (χ3v) is 2.94. The van der Waals surface area contributed by atoms with Gasteiger partial charge in [0.15, 0.2) is 5.82 Å². The van der Waals surface area contributed by atoms with E-state index in [0.717, 1.165) is 5.56 Å². The van der Waals surface area contributed by atoms with Gasteiger partial charge in [-0.25, -0.2) is 0 Å². The molecule has 2 rings (SSSR count). The highest BCUT2D eigenvalue weighted by molar-refractivity contribution is 6.31. The van der Waals surface area contributed by atoms with Crippen LogP contribution in [-0.2, 0) is 11.2 Å². The summed E-state index contributed by atoms with van der Waals surface area (Å²) in [7, 11) is 1.49. The van der Waals surface area contributed by atoms with Gasteiger partial charge < -0.3 is 9.84 Å². The number of hydrogen-bond acceptors (Lipinski definition) is 5. The molecule has 0 saturated heterocycles. The lowest BCUT2D eigenvalue weighted by molar-refractivity contribution is -0.136. The molecule has 1 aromatic carbocycles. The molecule has 2 aromatic rings. The zero-order valence-corrected chi connectivity index (χ0v) is 11.0. The molecule has 0 unspecified atom stereocenters. The SMILES string of the molecule is COc1cc(Cl)c(C)cc1-n1nnnc1CC(=O)O. The molecule has 0 atom stereocenters. The van der Waals surface area contributed by atoms with Crippen molar-refractivity contribution < 1.29 is 14.6 Å². The van der Waals surface area contributed by atoms with E-state index in [4.69, 9.17) is 21.4 Å². The Hall–Kier alpha value is -2.15. The van der Waals surface area contributed by atoms with Crippen LogP contribution in [0.1, 0.15) is 11.4 Å². The van der Waals surface area contributed by atoms with Crippen molar-refractivity contribution in [1.29, 1.82) is 0 Å². The van der Waals surface area contributed by atoms with Gasteiger partial charge in [-0.15, -0.1) is 5.10 Å². The molecule has 0 radical (unpaired) electrons. The quantitative estimate of drug-likeness (QED) is 0.908. The lowest BCUT2D eigenvalue weighted by atomic mass is 10.2. The molecule has 0 fully saturated rings. The van der Waals surface area contributed by atoms with Gasteiger partial charge in [-0.3, -0.25) is 4.79 Å². The number of halogens is 1. The number of nitrogens with zero attached hydrogens (tertiary/aromatic N) is 4. The first-order valence-corrected chi connectivity index (χ1v) is 5.74. The highest BCUT2D eigenvalue weighted by Crippen LogP contribution is 2.29. The summed E-state index contributed by atoms with van der Waals surface area (Å²) in [4.78, 5) is 10.8.